The number of carbonyl (C=O) groups excluding carboxylic acids is 1. The van der Waals surface area contributed by atoms with Crippen molar-refractivity contribution in [3.05, 3.63) is 82.8 Å². The summed E-state index contributed by atoms with van der Waals surface area (Å²) in [4.78, 5) is 25.9. The van der Waals surface area contributed by atoms with E-state index in [0.717, 1.165) is 11.4 Å². The number of aromatic amines is 1. The highest BCUT2D eigenvalue weighted by Gasteiger charge is 2.07. The van der Waals surface area contributed by atoms with Gasteiger partial charge in [-0.3, -0.25) is 9.59 Å². The van der Waals surface area contributed by atoms with Gasteiger partial charge in [0.05, 0.1) is 5.69 Å². The third kappa shape index (κ3) is 3.29. The minimum Gasteiger partial charge on any atom is -0.366 e. The largest absolute Gasteiger partial charge is 0.366 e. The van der Waals surface area contributed by atoms with Crippen molar-refractivity contribution < 1.29 is 4.79 Å². The van der Waals surface area contributed by atoms with E-state index in [1.807, 2.05) is 30.3 Å². The number of pyridine rings is 1. The molecule has 0 saturated heterocycles. The number of aromatic nitrogens is 1. The molecule has 0 bridgehead atoms. The summed E-state index contributed by atoms with van der Waals surface area (Å²) in [5, 5.41) is 3.23. The number of hydrogen-bond acceptors (Lipinski definition) is 3. The standard InChI is InChI=1S/C18H15N3O2/c19-17(22)13-8-6-12(7-9-13)16-10-15(11-20-18(16)23)21-14-4-2-1-3-5-14/h1-11,21H,(H2,19,22)(H,20,23). The van der Waals surface area contributed by atoms with E-state index in [-0.39, 0.29) is 5.56 Å². The van der Waals surface area contributed by atoms with Gasteiger partial charge in [-0.25, -0.2) is 0 Å². The van der Waals surface area contributed by atoms with Gasteiger partial charge in [-0.2, -0.15) is 0 Å². The normalized spacial score (nSPS) is 10.3. The number of benzene rings is 2. The van der Waals surface area contributed by atoms with E-state index in [0.29, 0.717) is 16.7 Å². The van der Waals surface area contributed by atoms with Gasteiger partial charge in [0.25, 0.3) is 5.56 Å². The van der Waals surface area contributed by atoms with Gasteiger partial charge in [-0.05, 0) is 35.9 Å². The predicted molar refractivity (Wildman–Crippen MR) is 90.7 cm³/mol. The molecule has 114 valence electrons. The van der Waals surface area contributed by atoms with E-state index in [1.54, 1.807) is 36.5 Å². The van der Waals surface area contributed by atoms with Crippen LogP contribution in [0.25, 0.3) is 11.1 Å². The topological polar surface area (TPSA) is 88.0 Å². The van der Waals surface area contributed by atoms with E-state index < -0.39 is 5.91 Å². The van der Waals surface area contributed by atoms with Gasteiger partial charge >= 0.3 is 0 Å². The Balaban J connectivity index is 1.94. The molecule has 3 aromatic rings. The van der Waals surface area contributed by atoms with E-state index in [1.165, 1.54) is 0 Å². The second-order valence-electron chi connectivity index (χ2n) is 5.06. The molecule has 0 aliphatic rings. The molecule has 1 aromatic heterocycles. The van der Waals surface area contributed by atoms with Gasteiger partial charge in [0.15, 0.2) is 0 Å². The number of nitrogens with one attached hydrogen (secondary N) is 2. The number of carbonyl (C=O) groups is 1. The SMILES string of the molecule is NC(=O)c1ccc(-c2cc(Nc3ccccc3)c[nH]c2=O)cc1. The number of hydrogen-bond donors (Lipinski definition) is 3. The average Bonchev–Trinajstić information content (AvgIpc) is 2.58. The Bertz CT molecular complexity index is 884. The Morgan fingerprint density at radius 1 is 0.957 bits per heavy atom. The fourth-order valence-corrected chi connectivity index (χ4v) is 2.27. The van der Waals surface area contributed by atoms with Crippen LogP contribution in [0.5, 0.6) is 0 Å². The van der Waals surface area contributed by atoms with Gasteiger partial charge < -0.3 is 16.0 Å². The maximum atomic E-state index is 12.1. The van der Waals surface area contributed by atoms with Crippen LogP contribution in [0.2, 0.25) is 0 Å². The third-order valence-corrected chi connectivity index (χ3v) is 3.45. The Kier molecular flexibility index (Phi) is 3.93. The summed E-state index contributed by atoms with van der Waals surface area (Å²) in [6.07, 6.45) is 1.62. The van der Waals surface area contributed by atoms with Crippen molar-refractivity contribution in [3.8, 4) is 11.1 Å². The summed E-state index contributed by atoms with van der Waals surface area (Å²) in [6.45, 7) is 0. The van der Waals surface area contributed by atoms with Crippen LogP contribution in [-0.2, 0) is 0 Å². The van der Waals surface area contributed by atoms with E-state index >= 15 is 0 Å². The van der Waals surface area contributed by atoms with Gasteiger partial charge in [-0.1, -0.05) is 30.3 Å². The zero-order valence-corrected chi connectivity index (χ0v) is 12.2. The van der Waals surface area contributed by atoms with Crippen LogP contribution in [0, 0.1) is 0 Å². The first-order valence-electron chi connectivity index (χ1n) is 7.08. The summed E-state index contributed by atoms with van der Waals surface area (Å²) in [5.41, 5.74) is 8.36. The molecule has 0 aliphatic carbocycles. The number of primary amides is 1. The number of para-hydroxylation sites is 1. The average molecular weight is 305 g/mol. The first kappa shape index (κ1) is 14.6. The van der Waals surface area contributed by atoms with Crippen molar-refractivity contribution in [2.75, 3.05) is 5.32 Å². The van der Waals surface area contributed by atoms with E-state index in [9.17, 15) is 9.59 Å². The molecule has 0 atom stereocenters. The van der Waals surface area contributed by atoms with Crippen molar-refractivity contribution in [2.45, 2.75) is 0 Å². The molecule has 0 fully saturated rings. The van der Waals surface area contributed by atoms with Crippen LogP contribution in [0.4, 0.5) is 11.4 Å². The highest BCUT2D eigenvalue weighted by molar-refractivity contribution is 5.93. The van der Waals surface area contributed by atoms with Crippen molar-refractivity contribution in [2.24, 2.45) is 5.73 Å². The third-order valence-electron chi connectivity index (χ3n) is 3.45. The maximum Gasteiger partial charge on any atom is 0.255 e. The molecule has 0 radical (unpaired) electrons. The summed E-state index contributed by atoms with van der Waals surface area (Å²) in [6, 6.07) is 18.1. The zero-order valence-electron chi connectivity index (χ0n) is 12.2. The van der Waals surface area contributed by atoms with Crippen molar-refractivity contribution in [1.29, 1.82) is 0 Å². The predicted octanol–water partition coefficient (Wildman–Crippen LogP) is 2.88. The molecule has 1 heterocycles. The first-order chi connectivity index (χ1) is 11.1. The van der Waals surface area contributed by atoms with Crippen molar-refractivity contribution in [3.63, 3.8) is 0 Å². The Hall–Kier alpha value is -3.34. The van der Waals surface area contributed by atoms with Gasteiger partial charge in [0, 0.05) is 23.0 Å². The van der Waals surface area contributed by atoms with Crippen LogP contribution in [0.3, 0.4) is 0 Å². The molecule has 1 amide bonds. The number of rotatable bonds is 4. The summed E-state index contributed by atoms with van der Waals surface area (Å²) in [5.74, 6) is -0.495. The highest BCUT2D eigenvalue weighted by Crippen LogP contribution is 2.21. The fraction of sp³-hybridized carbons (Fsp3) is 0. The van der Waals surface area contributed by atoms with Gasteiger partial charge in [0.1, 0.15) is 0 Å². The molecule has 23 heavy (non-hydrogen) atoms. The number of anilines is 2. The molecular weight excluding hydrogens is 290 g/mol. The quantitative estimate of drug-likeness (QED) is 0.692. The van der Waals surface area contributed by atoms with Crippen LogP contribution >= 0.6 is 0 Å². The molecule has 0 aliphatic heterocycles. The lowest BCUT2D eigenvalue weighted by atomic mass is 10.0. The molecule has 2 aromatic carbocycles. The van der Waals surface area contributed by atoms with Crippen molar-refractivity contribution in [1.82, 2.24) is 4.98 Å². The summed E-state index contributed by atoms with van der Waals surface area (Å²) in [7, 11) is 0. The lowest BCUT2D eigenvalue weighted by Crippen LogP contribution is -2.11. The highest BCUT2D eigenvalue weighted by atomic mass is 16.1. The van der Waals surface area contributed by atoms with Crippen molar-refractivity contribution >= 4 is 17.3 Å². The van der Waals surface area contributed by atoms with Gasteiger partial charge in [0.2, 0.25) is 5.91 Å². The molecule has 4 N–H and O–H groups in total. The molecule has 5 nitrogen and oxygen atoms in total. The molecule has 0 saturated carbocycles. The molecular formula is C18H15N3O2. The summed E-state index contributed by atoms with van der Waals surface area (Å²) < 4.78 is 0. The first-order valence-corrected chi connectivity index (χ1v) is 7.08. The minimum atomic E-state index is -0.495. The van der Waals surface area contributed by atoms with Crippen LogP contribution in [0.1, 0.15) is 10.4 Å². The molecule has 0 spiro atoms. The minimum absolute atomic E-state index is 0.199. The van der Waals surface area contributed by atoms with Gasteiger partial charge in [-0.15, -0.1) is 0 Å². The monoisotopic (exact) mass is 305 g/mol. The van der Waals surface area contributed by atoms with Crippen LogP contribution < -0.4 is 16.6 Å². The lowest BCUT2D eigenvalue weighted by Gasteiger charge is -2.08. The molecule has 5 heteroatoms. The van der Waals surface area contributed by atoms with Crippen LogP contribution in [0.15, 0.2) is 71.7 Å². The number of H-pyrrole nitrogens is 1. The lowest BCUT2D eigenvalue weighted by molar-refractivity contribution is 0.100. The second-order valence-corrected chi connectivity index (χ2v) is 5.06. The number of amides is 1. The van der Waals surface area contributed by atoms with E-state index in [2.05, 4.69) is 10.3 Å². The Morgan fingerprint density at radius 2 is 1.65 bits per heavy atom. The smallest absolute Gasteiger partial charge is 0.255 e. The molecule has 0 unspecified atom stereocenters. The summed E-state index contributed by atoms with van der Waals surface area (Å²) >= 11 is 0. The Labute approximate surface area is 132 Å². The number of nitrogens with two attached hydrogens (primary N) is 1. The maximum absolute atomic E-state index is 12.1. The molecule has 3 rings (SSSR count). The fourth-order valence-electron chi connectivity index (χ4n) is 2.27. The second kappa shape index (κ2) is 6.19. The van der Waals surface area contributed by atoms with Crippen LogP contribution in [-0.4, -0.2) is 10.9 Å². The Morgan fingerprint density at radius 3 is 2.30 bits per heavy atom. The van der Waals surface area contributed by atoms with E-state index in [4.69, 9.17) is 5.73 Å². The zero-order chi connectivity index (χ0) is 16.2.